The molecule has 1 heterocycles. The minimum Gasteiger partial charge on any atom is -0.247 e. The van der Waals surface area contributed by atoms with E-state index in [2.05, 4.69) is 37.3 Å². The molecule has 0 bridgehead atoms. The maximum atomic E-state index is 4.44. The van der Waals surface area contributed by atoms with E-state index >= 15 is 0 Å². The van der Waals surface area contributed by atoms with Gasteiger partial charge in [-0.15, -0.1) is 24.0 Å². The number of aliphatic imine (C=N–C) groups is 1. The molecule has 0 saturated heterocycles. The van der Waals surface area contributed by atoms with E-state index in [4.69, 9.17) is 0 Å². The lowest BCUT2D eigenvalue weighted by atomic mass is 10.1. The molecule has 0 aromatic carbocycles. The number of thiol groups is 1. The predicted octanol–water partition coefficient (Wildman–Crippen LogP) is 2.86. The normalized spacial score (nSPS) is 13.4. The third-order valence-corrected chi connectivity index (χ3v) is 3.17. The molecular weight excluding hydrogens is 212 g/mol. The summed E-state index contributed by atoms with van der Waals surface area (Å²) < 4.78 is 2.76. The zero-order chi connectivity index (χ0) is 10.6. The Morgan fingerprint density at radius 3 is 2.93 bits per heavy atom. The summed E-state index contributed by atoms with van der Waals surface area (Å²) in [6.45, 7) is 5.84. The van der Waals surface area contributed by atoms with E-state index in [1.165, 1.54) is 5.56 Å². The SMILES string of the molecule is C=[N+](C)C=NC(CC)c1ccsc1S. The highest BCUT2D eigenvalue weighted by atomic mass is 32.2. The minimum absolute atomic E-state index is 0.206. The predicted molar refractivity (Wildman–Crippen MR) is 66.4 cm³/mol. The summed E-state index contributed by atoms with van der Waals surface area (Å²) in [5.74, 6) is 0. The Labute approximate surface area is 94.4 Å². The smallest absolute Gasteiger partial charge is 0.247 e. The van der Waals surface area contributed by atoms with Crippen LogP contribution in [0.4, 0.5) is 0 Å². The molecule has 1 rings (SSSR count). The fourth-order valence-corrected chi connectivity index (χ4v) is 2.25. The molecule has 0 aliphatic rings. The van der Waals surface area contributed by atoms with Crippen molar-refractivity contribution < 1.29 is 4.58 Å². The Balaban J connectivity index is 2.83. The van der Waals surface area contributed by atoms with E-state index in [1.54, 1.807) is 22.3 Å². The second-order valence-corrected chi connectivity index (χ2v) is 4.79. The first kappa shape index (κ1) is 11.5. The van der Waals surface area contributed by atoms with Crippen LogP contribution in [0.1, 0.15) is 24.9 Å². The third kappa shape index (κ3) is 2.96. The number of rotatable bonds is 4. The van der Waals surface area contributed by atoms with Gasteiger partial charge < -0.3 is 0 Å². The van der Waals surface area contributed by atoms with Gasteiger partial charge in [-0.3, -0.25) is 0 Å². The minimum atomic E-state index is 0.206. The van der Waals surface area contributed by atoms with Crippen LogP contribution in [-0.2, 0) is 0 Å². The van der Waals surface area contributed by atoms with Crippen LogP contribution < -0.4 is 0 Å². The maximum Gasteiger partial charge on any atom is 0.280 e. The van der Waals surface area contributed by atoms with E-state index in [9.17, 15) is 0 Å². The fourth-order valence-electron chi connectivity index (χ4n) is 1.16. The highest BCUT2D eigenvalue weighted by molar-refractivity contribution is 7.82. The summed E-state index contributed by atoms with van der Waals surface area (Å²) in [6.07, 6.45) is 2.73. The summed E-state index contributed by atoms with van der Waals surface area (Å²) >= 11 is 6.05. The van der Waals surface area contributed by atoms with Crippen LogP contribution in [0.25, 0.3) is 0 Å². The number of hydrogen-bond donors (Lipinski definition) is 1. The first-order valence-electron chi connectivity index (χ1n) is 4.48. The van der Waals surface area contributed by atoms with Crippen LogP contribution in [0.3, 0.4) is 0 Å². The topological polar surface area (TPSA) is 15.4 Å². The lowest BCUT2D eigenvalue weighted by Gasteiger charge is -2.02. The van der Waals surface area contributed by atoms with Crippen LogP contribution in [-0.4, -0.2) is 24.7 Å². The molecule has 0 aliphatic carbocycles. The van der Waals surface area contributed by atoms with Gasteiger partial charge in [-0.25, -0.2) is 4.58 Å². The highest BCUT2D eigenvalue weighted by Crippen LogP contribution is 2.30. The van der Waals surface area contributed by atoms with Crippen molar-refractivity contribution in [3.05, 3.63) is 17.0 Å². The van der Waals surface area contributed by atoms with E-state index in [0.29, 0.717) is 0 Å². The third-order valence-electron chi connectivity index (χ3n) is 1.86. The Kier molecular flexibility index (Phi) is 4.35. The largest absolute Gasteiger partial charge is 0.280 e. The van der Waals surface area contributed by atoms with E-state index in [-0.39, 0.29) is 6.04 Å². The van der Waals surface area contributed by atoms with Gasteiger partial charge in [0.2, 0.25) is 0 Å². The molecule has 0 fully saturated rings. The van der Waals surface area contributed by atoms with Crippen molar-refractivity contribution in [2.24, 2.45) is 4.99 Å². The molecule has 2 nitrogen and oxygen atoms in total. The summed E-state index contributed by atoms with van der Waals surface area (Å²) in [5, 5.41) is 2.05. The average molecular weight is 227 g/mol. The van der Waals surface area contributed by atoms with Crippen LogP contribution in [0.2, 0.25) is 0 Å². The number of hydrogen-bond acceptors (Lipinski definition) is 3. The lowest BCUT2D eigenvalue weighted by molar-refractivity contribution is -0.349. The number of nitrogens with zero attached hydrogens (tertiary/aromatic N) is 2. The summed E-state index contributed by atoms with van der Waals surface area (Å²) in [5.41, 5.74) is 1.21. The second-order valence-electron chi connectivity index (χ2n) is 3.13. The van der Waals surface area contributed by atoms with E-state index in [0.717, 1.165) is 10.6 Å². The van der Waals surface area contributed by atoms with Gasteiger partial charge in [-0.2, -0.15) is 0 Å². The van der Waals surface area contributed by atoms with Crippen molar-refractivity contribution >= 4 is 37.0 Å². The summed E-state index contributed by atoms with van der Waals surface area (Å²) in [6, 6.07) is 2.29. The van der Waals surface area contributed by atoms with Gasteiger partial charge in [0.25, 0.3) is 6.34 Å². The molecule has 1 atom stereocenters. The van der Waals surface area contributed by atoms with Gasteiger partial charge in [-0.1, -0.05) is 11.9 Å². The molecule has 1 aromatic heterocycles. The van der Waals surface area contributed by atoms with E-state index in [1.807, 2.05) is 12.4 Å². The Morgan fingerprint density at radius 2 is 2.50 bits per heavy atom. The second kappa shape index (κ2) is 5.32. The zero-order valence-electron chi connectivity index (χ0n) is 8.47. The van der Waals surface area contributed by atoms with Crippen molar-refractivity contribution in [3.8, 4) is 0 Å². The van der Waals surface area contributed by atoms with Crippen LogP contribution in [0.15, 0.2) is 20.6 Å². The molecule has 1 unspecified atom stereocenters. The molecule has 0 saturated carbocycles. The molecule has 76 valence electrons. The van der Waals surface area contributed by atoms with Gasteiger partial charge >= 0.3 is 0 Å². The quantitative estimate of drug-likeness (QED) is 0.352. The van der Waals surface area contributed by atoms with Crippen LogP contribution >= 0.6 is 24.0 Å². The Hall–Kier alpha value is -0.610. The molecule has 0 amide bonds. The molecule has 0 aliphatic heterocycles. The fraction of sp³-hybridized carbons (Fsp3) is 0.400. The Bertz CT molecular complexity index is 342. The zero-order valence-corrected chi connectivity index (χ0v) is 10.2. The standard InChI is InChI=1S/C10H14N2S2/c1-4-9(11-7-12(2)3)8-5-6-14-10(8)13/h5-7,9H,2,4H2,1,3H3/p+1. The van der Waals surface area contributed by atoms with Crippen molar-refractivity contribution in [1.29, 1.82) is 0 Å². The van der Waals surface area contributed by atoms with Gasteiger partial charge in [0.05, 0.1) is 18.0 Å². The van der Waals surface area contributed by atoms with Crippen molar-refractivity contribution in [1.82, 2.24) is 0 Å². The maximum absolute atomic E-state index is 4.44. The molecule has 0 spiro atoms. The molecule has 4 heteroatoms. The highest BCUT2D eigenvalue weighted by Gasteiger charge is 2.16. The molecular formula is C10H15N2S2+. The average Bonchev–Trinajstić information content (AvgIpc) is 2.53. The van der Waals surface area contributed by atoms with Crippen molar-refractivity contribution in [2.45, 2.75) is 23.6 Å². The van der Waals surface area contributed by atoms with Gasteiger partial charge in [0.1, 0.15) is 0 Å². The van der Waals surface area contributed by atoms with Gasteiger partial charge in [0, 0.05) is 5.56 Å². The lowest BCUT2D eigenvalue weighted by Crippen LogP contribution is -2.01. The van der Waals surface area contributed by atoms with Gasteiger partial charge in [0.15, 0.2) is 6.04 Å². The van der Waals surface area contributed by atoms with Crippen molar-refractivity contribution in [3.63, 3.8) is 0 Å². The first-order chi connectivity index (χ1) is 6.65. The number of thiophene rings is 1. The first-order valence-corrected chi connectivity index (χ1v) is 5.80. The van der Waals surface area contributed by atoms with Crippen molar-refractivity contribution in [2.75, 3.05) is 7.05 Å². The molecule has 14 heavy (non-hydrogen) atoms. The molecule has 0 radical (unpaired) electrons. The van der Waals surface area contributed by atoms with Gasteiger partial charge in [-0.05, 0) is 17.9 Å². The van der Waals surface area contributed by atoms with Crippen LogP contribution in [0.5, 0.6) is 0 Å². The summed E-state index contributed by atoms with van der Waals surface area (Å²) in [4.78, 5) is 4.44. The Morgan fingerprint density at radius 1 is 1.79 bits per heavy atom. The summed E-state index contributed by atoms with van der Waals surface area (Å²) in [7, 11) is 1.87. The van der Waals surface area contributed by atoms with Crippen LogP contribution in [0, 0.1) is 0 Å². The molecule has 1 aromatic rings. The monoisotopic (exact) mass is 227 g/mol. The van der Waals surface area contributed by atoms with E-state index < -0.39 is 0 Å². The molecule has 0 N–H and O–H groups in total.